The third-order valence-corrected chi connectivity index (χ3v) is 4.49. The van der Waals surface area contributed by atoms with Gasteiger partial charge in [0, 0.05) is 0 Å². The topological polar surface area (TPSA) is 0 Å². The molecule has 0 nitrogen and oxygen atoms in total. The molecule has 1 aromatic rings. The van der Waals surface area contributed by atoms with Crippen molar-refractivity contribution in [1.29, 1.82) is 0 Å². The minimum Gasteiger partial charge on any atom is -0.127 e. The van der Waals surface area contributed by atoms with Crippen LogP contribution in [0.2, 0.25) is 19.6 Å². The van der Waals surface area contributed by atoms with Crippen LogP contribution >= 0.6 is 0 Å². The van der Waals surface area contributed by atoms with Gasteiger partial charge in [0.05, 0.1) is 0 Å². The van der Waals surface area contributed by atoms with E-state index in [1.165, 1.54) is 30.4 Å². The van der Waals surface area contributed by atoms with E-state index in [1.807, 2.05) is 6.08 Å². The summed E-state index contributed by atoms with van der Waals surface area (Å²) in [5.74, 6) is 3.77. The lowest BCUT2D eigenvalue weighted by atomic mass is 9.89. The maximum Gasteiger partial charge on any atom is 0.129 e. The van der Waals surface area contributed by atoms with E-state index in [0.717, 1.165) is 0 Å². The highest BCUT2D eigenvalue weighted by Crippen LogP contribution is 2.25. The number of hydrogen-bond donors (Lipinski definition) is 0. The van der Waals surface area contributed by atoms with Crippen LogP contribution in [-0.2, 0) is 0 Å². The molecule has 0 radical (unpaired) electrons. The summed E-state index contributed by atoms with van der Waals surface area (Å²) in [7, 11) is -1.25. The van der Waals surface area contributed by atoms with Crippen molar-refractivity contribution in [2.24, 2.45) is 5.92 Å². The quantitative estimate of drug-likeness (QED) is 0.484. The molecule has 0 aromatic heterocycles. The van der Waals surface area contributed by atoms with E-state index in [0.29, 0.717) is 5.92 Å². The van der Waals surface area contributed by atoms with Crippen LogP contribution in [0.4, 0.5) is 0 Å². The molecule has 0 bridgehead atoms. The van der Waals surface area contributed by atoms with E-state index in [-0.39, 0.29) is 0 Å². The molecule has 1 aliphatic rings. The summed E-state index contributed by atoms with van der Waals surface area (Å²) in [5, 5.41) is 0. The molecule has 0 heterocycles. The van der Waals surface area contributed by atoms with Gasteiger partial charge >= 0.3 is 0 Å². The molecule has 0 saturated heterocycles. The van der Waals surface area contributed by atoms with Crippen LogP contribution < -0.4 is 0 Å². The minimum absolute atomic E-state index is 0.554. The number of hydrogen-bond acceptors (Lipinski definition) is 0. The number of allylic oxidation sites excluding steroid dienone is 5. The Kier molecular flexibility index (Phi) is 6.04. The zero-order chi connectivity index (χ0) is 15.8. The maximum atomic E-state index is 3.38. The lowest BCUT2D eigenvalue weighted by molar-refractivity contribution is 0.619. The first-order chi connectivity index (χ1) is 10.5. The average molecular weight is 307 g/mol. The molecule has 0 fully saturated rings. The number of benzene rings is 1. The van der Waals surface area contributed by atoms with Crippen LogP contribution in [0.5, 0.6) is 0 Å². The Hall–Kier alpha value is -1.78. The van der Waals surface area contributed by atoms with Gasteiger partial charge in [0.25, 0.3) is 0 Å². The lowest BCUT2D eigenvalue weighted by Gasteiger charge is -2.16. The molecule has 2 rings (SSSR count). The average Bonchev–Trinajstić information content (AvgIpc) is 2.50. The molecule has 0 saturated carbocycles. The lowest BCUT2D eigenvalue weighted by Crippen LogP contribution is -2.16. The molecule has 0 aliphatic heterocycles. The van der Waals surface area contributed by atoms with Crippen LogP contribution in [0.3, 0.4) is 0 Å². The van der Waals surface area contributed by atoms with Crippen LogP contribution in [0.25, 0.3) is 6.08 Å². The van der Waals surface area contributed by atoms with Crippen LogP contribution in [-0.4, -0.2) is 8.07 Å². The smallest absolute Gasteiger partial charge is 0.127 e. The van der Waals surface area contributed by atoms with Gasteiger partial charge in [-0.25, -0.2) is 0 Å². The van der Waals surface area contributed by atoms with Crippen molar-refractivity contribution in [2.75, 3.05) is 0 Å². The molecule has 1 aliphatic carbocycles. The van der Waals surface area contributed by atoms with Crippen LogP contribution in [0.15, 0.2) is 60.2 Å². The largest absolute Gasteiger partial charge is 0.129 e. The Morgan fingerprint density at radius 2 is 1.86 bits per heavy atom. The van der Waals surface area contributed by atoms with Gasteiger partial charge in [-0.15, -0.1) is 5.54 Å². The summed E-state index contributed by atoms with van der Waals surface area (Å²) in [4.78, 5) is 0. The molecule has 1 unspecified atom stereocenters. The molecule has 0 amide bonds. The fourth-order valence-corrected chi connectivity index (χ4v) is 3.00. The van der Waals surface area contributed by atoms with E-state index >= 15 is 0 Å². The van der Waals surface area contributed by atoms with Crippen molar-refractivity contribution in [3.05, 3.63) is 65.8 Å². The second-order valence-corrected chi connectivity index (χ2v) is 11.7. The highest BCUT2D eigenvalue weighted by Gasteiger charge is 2.09. The van der Waals surface area contributed by atoms with Gasteiger partial charge in [0.15, 0.2) is 0 Å². The van der Waals surface area contributed by atoms with Crippen molar-refractivity contribution in [3.8, 4) is 11.5 Å². The van der Waals surface area contributed by atoms with E-state index in [2.05, 4.69) is 85.7 Å². The van der Waals surface area contributed by atoms with Crippen LogP contribution in [0, 0.1) is 17.4 Å². The van der Waals surface area contributed by atoms with E-state index in [9.17, 15) is 0 Å². The third kappa shape index (κ3) is 6.33. The summed E-state index contributed by atoms with van der Waals surface area (Å²) in [6.45, 7) is 6.83. The predicted molar refractivity (Wildman–Crippen MR) is 101 cm³/mol. The van der Waals surface area contributed by atoms with E-state index in [4.69, 9.17) is 0 Å². The maximum absolute atomic E-state index is 3.38. The molecular weight excluding hydrogens is 280 g/mol. The van der Waals surface area contributed by atoms with Crippen LogP contribution in [0.1, 0.15) is 24.8 Å². The first-order valence-corrected chi connectivity index (χ1v) is 11.7. The van der Waals surface area contributed by atoms with E-state index < -0.39 is 8.07 Å². The van der Waals surface area contributed by atoms with Crippen molar-refractivity contribution in [2.45, 2.75) is 38.9 Å². The fourth-order valence-electron chi connectivity index (χ4n) is 2.48. The molecule has 0 N–H and O–H groups in total. The predicted octanol–water partition coefficient (Wildman–Crippen LogP) is 5.86. The molecule has 1 heteroatoms. The Balaban J connectivity index is 1.98. The highest BCUT2D eigenvalue weighted by molar-refractivity contribution is 6.83. The summed E-state index contributed by atoms with van der Waals surface area (Å²) in [6, 6.07) is 10.5. The molecule has 0 spiro atoms. The summed E-state index contributed by atoms with van der Waals surface area (Å²) >= 11 is 0. The molecule has 22 heavy (non-hydrogen) atoms. The Labute approximate surface area is 136 Å². The molecule has 1 atom stereocenters. The molecule has 114 valence electrons. The van der Waals surface area contributed by atoms with Gasteiger partial charge in [0.1, 0.15) is 8.07 Å². The molecule has 1 aromatic carbocycles. The van der Waals surface area contributed by atoms with E-state index in [1.54, 1.807) is 0 Å². The van der Waals surface area contributed by atoms with Gasteiger partial charge in [-0.3, -0.25) is 0 Å². The fraction of sp³-hybridized carbons (Fsp3) is 0.333. The van der Waals surface area contributed by atoms with Gasteiger partial charge < -0.3 is 0 Å². The van der Waals surface area contributed by atoms with Crippen molar-refractivity contribution in [3.63, 3.8) is 0 Å². The van der Waals surface area contributed by atoms with Crippen molar-refractivity contribution >= 4 is 14.1 Å². The highest BCUT2D eigenvalue weighted by atomic mass is 28.3. The normalized spacial score (nSPS) is 19.0. The summed E-state index contributed by atoms with van der Waals surface area (Å²) < 4.78 is 0. The number of rotatable bonds is 3. The zero-order valence-corrected chi connectivity index (χ0v) is 15.0. The molecular formula is C21H26Si. The third-order valence-electron chi connectivity index (χ3n) is 3.59. The SMILES string of the molecule is C[Si](C)(C)C#C/C=C\C1=CC(/C=C\c2ccccc2)CCC1. The Morgan fingerprint density at radius 1 is 1.09 bits per heavy atom. The first kappa shape index (κ1) is 16.6. The van der Waals surface area contributed by atoms with Gasteiger partial charge in [0.2, 0.25) is 0 Å². The second-order valence-electron chi connectivity index (χ2n) is 6.92. The zero-order valence-electron chi connectivity index (χ0n) is 14.0. The van der Waals surface area contributed by atoms with Gasteiger partial charge in [-0.05, 0) is 36.8 Å². The monoisotopic (exact) mass is 306 g/mol. The van der Waals surface area contributed by atoms with Crippen molar-refractivity contribution < 1.29 is 0 Å². The first-order valence-electron chi connectivity index (χ1n) is 8.16. The summed E-state index contributed by atoms with van der Waals surface area (Å²) in [6.07, 6.45) is 14.9. The Bertz CT molecular complexity index is 615. The Morgan fingerprint density at radius 3 is 2.59 bits per heavy atom. The van der Waals surface area contributed by atoms with Gasteiger partial charge in [-0.2, -0.15) is 0 Å². The summed E-state index contributed by atoms with van der Waals surface area (Å²) in [5.41, 5.74) is 6.09. The standard InChI is InChI=1S/C21H26Si/c1-22(2,3)17-8-7-12-20-13-9-14-21(18-20)16-15-19-10-5-4-6-11-19/h4-7,10-12,15-16,18,21H,9,13-14H2,1-3H3/b12-7-,16-15-. The second kappa shape index (κ2) is 8.01. The van der Waals surface area contributed by atoms with Gasteiger partial charge in [-0.1, -0.05) is 85.8 Å². The van der Waals surface area contributed by atoms with Crippen molar-refractivity contribution in [1.82, 2.24) is 0 Å². The minimum atomic E-state index is -1.25.